The van der Waals surface area contributed by atoms with Crippen LogP contribution < -0.4 is 0 Å². The van der Waals surface area contributed by atoms with Gasteiger partial charge in [-0.05, 0) is 37.5 Å². The van der Waals surface area contributed by atoms with Crippen molar-refractivity contribution < 1.29 is 14.3 Å². The molecule has 3 nitrogen and oxygen atoms in total. The molecule has 4 atom stereocenters. The van der Waals surface area contributed by atoms with Crippen molar-refractivity contribution in [2.24, 2.45) is 17.8 Å². The highest BCUT2D eigenvalue weighted by Crippen LogP contribution is 2.58. The normalized spacial score (nSPS) is 25.4. The summed E-state index contributed by atoms with van der Waals surface area (Å²) in [4.78, 5) is 26.4. The Labute approximate surface area is 218 Å². The maximum atomic E-state index is 13.3. The summed E-state index contributed by atoms with van der Waals surface area (Å²) in [5.74, 6) is 2.15. The summed E-state index contributed by atoms with van der Waals surface area (Å²) < 4.78 is 5.93. The monoisotopic (exact) mass is 500 g/mol. The fourth-order valence-electron chi connectivity index (χ4n) is 5.67. The van der Waals surface area contributed by atoms with Crippen molar-refractivity contribution >= 4 is 23.2 Å². The molecule has 4 heteroatoms. The Kier molecular flexibility index (Phi) is 9.80. The molecule has 1 aromatic rings. The van der Waals surface area contributed by atoms with Gasteiger partial charge in [0, 0.05) is 17.5 Å². The van der Waals surface area contributed by atoms with E-state index in [1.54, 1.807) is 24.3 Å². The molecule has 1 aliphatic carbocycles. The van der Waals surface area contributed by atoms with Gasteiger partial charge in [0.2, 0.25) is 0 Å². The molecule has 1 aliphatic heterocycles. The highest BCUT2D eigenvalue weighted by atomic mass is 35.5. The molecule has 2 aliphatic rings. The summed E-state index contributed by atoms with van der Waals surface area (Å²) in [7, 11) is 0. The highest BCUT2D eigenvalue weighted by molar-refractivity contribution is 6.30. The van der Waals surface area contributed by atoms with Gasteiger partial charge in [-0.2, -0.15) is 0 Å². The molecular weight excluding hydrogens is 456 g/mol. The molecule has 0 aromatic heterocycles. The first-order chi connectivity index (χ1) is 16.7. The van der Waals surface area contributed by atoms with Crippen LogP contribution in [0.4, 0.5) is 0 Å². The Morgan fingerprint density at radius 2 is 1.37 bits per heavy atom. The molecule has 1 aromatic carbocycles. The van der Waals surface area contributed by atoms with Crippen molar-refractivity contribution in [3.8, 4) is 0 Å². The molecule has 4 unspecified atom stereocenters. The molecule has 1 heterocycles. The number of carbonyl (C=O) groups is 2. The number of ketones is 2. The van der Waals surface area contributed by atoms with Gasteiger partial charge in [-0.3, -0.25) is 9.59 Å². The minimum Gasteiger partial charge on any atom is -0.343 e. The third-order valence-corrected chi connectivity index (χ3v) is 8.55. The first-order valence-electron chi connectivity index (χ1n) is 13.8. The number of hydrogen-bond donors (Lipinski definition) is 0. The number of carbonyl (C=O) groups excluding carboxylic acids is 2. The minimum atomic E-state index is -1.20. The molecular formula is C31H45ClO3. The number of benzene rings is 1. The Morgan fingerprint density at radius 1 is 0.857 bits per heavy atom. The van der Waals surface area contributed by atoms with Crippen molar-refractivity contribution in [3.05, 3.63) is 47.0 Å². The van der Waals surface area contributed by atoms with Gasteiger partial charge in [-0.1, -0.05) is 109 Å². The van der Waals surface area contributed by atoms with Gasteiger partial charge in [0.1, 0.15) is 0 Å². The average molecular weight is 501 g/mol. The van der Waals surface area contributed by atoms with E-state index in [9.17, 15) is 9.59 Å². The number of epoxide rings is 1. The number of Topliss-reactive ketones (excluding diaryl/α,β-unsaturated/α-hetero) is 2. The van der Waals surface area contributed by atoms with Crippen LogP contribution in [0, 0.1) is 17.8 Å². The molecule has 1 fully saturated rings. The van der Waals surface area contributed by atoms with Crippen LogP contribution in [0.3, 0.4) is 0 Å². The Hall–Kier alpha value is -1.45. The summed E-state index contributed by atoms with van der Waals surface area (Å²) in [6, 6.07) is 7.00. The fraction of sp³-hybridized carbons (Fsp3) is 0.677. The predicted octanol–water partition coefficient (Wildman–Crippen LogP) is 8.59. The van der Waals surface area contributed by atoms with E-state index in [1.807, 2.05) is 0 Å². The van der Waals surface area contributed by atoms with E-state index in [4.69, 9.17) is 16.3 Å². The molecule has 0 bridgehead atoms. The lowest BCUT2D eigenvalue weighted by Gasteiger charge is -2.23. The van der Waals surface area contributed by atoms with Crippen LogP contribution in [0.15, 0.2) is 35.9 Å². The maximum absolute atomic E-state index is 13.3. The second-order valence-corrected chi connectivity index (χ2v) is 12.0. The smallest absolute Gasteiger partial charge is 0.200 e. The van der Waals surface area contributed by atoms with Crippen molar-refractivity contribution in [2.75, 3.05) is 5.88 Å². The SMILES string of the molecule is C/C(=C\CC12OC1(CCl)C(=O)c1ccccc1C2=O)CCCC(C)CCCC(C)CCCC(C)C. The van der Waals surface area contributed by atoms with Crippen LogP contribution in [-0.2, 0) is 4.74 Å². The van der Waals surface area contributed by atoms with Crippen LogP contribution in [-0.4, -0.2) is 28.6 Å². The Morgan fingerprint density at radius 3 is 1.91 bits per heavy atom. The Balaban J connectivity index is 1.42. The third kappa shape index (κ3) is 6.28. The van der Waals surface area contributed by atoms with Crippen molar-refractivity contribution in [1.82, 2.24) is 0 Å². The van der Waals surface area contributed by atoms with Crippen LogP contribution in [0.1, 0.15) is 120 Å². The van der Waals surface area contributed by atoms with E-state index >= 15 is 0 Å². The molecule has 35 heavy (non-hydrogen) atoms. The van der Waals surface area contributed by atoms with Gasteiger partial charge >= 0.3 is 0 Å². The van der Waals surface area contributed by atoms with Gasteiger partial charge in [-0.15, -0.1) is 11.6 Å². The number of allylic oxidation sites excluding steroid dienone is 1. The summed E-state index contributed by atoms with van der Waals surface area (Å²) >= 11 is 6.19. The highest BCUT2D eigenvalue weighted by Gasteiger charge is 2.79. The lowest BCUT2D eigenvalue weighted by molar-refractivity contribution is 0.0848. The van der Waals surface area contributed by atoms with E-state index < -0.39 is 11.2 Å². The van der Waals surface area contributed by atoms with E-state index in [2.05, 4.69) is 40.7 Å². The Bertz CT molecular complexity index is 920. The van der Waals surface area contributed by atoms with Gasteiger partial charge in [-0.25, -0.2) is 0 Å². The van der Waals surface area contributed by atoms with Gasteiger partial charge < -0.3 is 4.74 Å². The van der Waals surface area contributed by atoms with Crippen LogP contribution in [0.25, 0.3) is 0 Å². The molecule has 1 saturated heterocycles. The first kappa shape index (κ1) is 28.1. The molecule has 0 amide bonds. The zero-order valence-electron chi connectivity index (χ0n) is 22.5. The topological polar surface area (TPSA) is 46.7 Å². The summed E-state index contributed by atoms with van der Waals surface area (Å²) in [5.41, 5.74) is -0.170. The zero-order chi connectivity index (χ0) is 25.6. The van der Waals surface area contributed by atoms with Gasteiger partial charge in [0.05, 0.1) is 5.88 Å². The van der Waals surface area contributed by atoms with Crippen LogP contribution in [0.2, 0.25) is 0 Å². The number of fused-ring (bicyclic) bond motifs is 2. The number of ether oxygens (including phenoxy) is 1. The van der Waals surface area contributed by atoms with Gasteiger partial charge in [0.25, 0.3) is 0 Å². The molecule has 0 N–H and O–H groups in total. The number of rotatable bonds is 15. The van der Waals surface area contributed by atoms with E-state index in [-0.39, 0.29) is 17.4 Å². The van der Waals surface area contributed by atoms with Gasteiger partial charge in [0.15, 0.2) is 22.8 Å². The summed E-state index contributed by atoms with van der Waals surface area (Å²) in [6.07, 6.45) is 14.0. The fourth-order valence-corrected chi connectivity index (χ4v) is 6.06. The molecule has 3 rings (SSSR count). The van der Waals surface area contributed by atoms with Crippen LogP contribution >= 0.6 is 11.6 Å². The maximum Gasteiger partial charge on any atom is 0.200 e. The minimum absolute atomic E-state index is 0.00660. The zero-order valence-corrected chi connectivity index (χ0v) is 23.3. The van der Waals surface area contributed by atoms with Crippen molar-refractivity contribution in [1.29, 1.82) is 0 Å². The van der Waals surface area contributed by atoms with E-state index in [0.717, 1.165) is 30.6 Å². The van der Waals surface area contributed by atoms with E-state index in [1.165, 1.54) is 50.5 Å². The second-order valence-electron chi connectivity index (χ2n) is 11.7. The predicted molar refractivity (Wildman–Crippen MR) is 145 cm³/mol. The number of hydrogen-bond acceptors (Lipinski definition) is 3. The third-order valence-electron chi connectivity index (χ3n) is 8.18. The summed E-state index contributed by atoms with van der Waals surface area (Å²) in [6.45, 7) is 11.5. The van der Waals surface area contributed by atoms with Crippen molar-refractivity contribution in [2.45, 2.75) is 110 Å². The van der Waals surface area contributed by atoms with Crippen molar-refractivity contribution in [3.63, 3.8) is 0 Å². The average Bonchev–Trinajstić information content (AvgIpc) is 3.52. The molecule has 194 valence electrons. The number of halogens is 1. The molecule has 0 radical (unpaired) electrons. The lowest BCUT2D eigenvalue weighted by atomic mass is 9.73. The first-order valence-corrected chi connectivity index (χ1v) is 14.3. The second kappa shape index (κ2) is 12.2. The van der Waals surface area contributed by atoms with E-state index in [0.29, 0.717) is 17.5 Å². The quantitative estimate of drug-likeness (QED) is 0.137. The standard InChI is InChI=1S/C31H45ClO3/c1-22(2)11-8-12-23(3)13-9-14-24(4)15-10-16-25(5)19-20-30-28(33)26-17-6-7-18-27(26)29(34)31(30,21-32)35-30/h6-7,17-19,22-24H,8-16,20-21H2,1-5H3/b25-19+. The molecule has 0 saturated carbocycles. The number of alkyl halides is 1. The van der Waals surface area contributed by atoms with Crippen LogP contribution in [0.5, 0.6) is 0 Å². The largest absolute Gasteiger partial charge is 0.343 e. The lowest BCUT2D eigenvalue weighted by Crippen LogP contribution is -2.46. The molecule has 0 spiro atoms. The summed E-state index contributed by atoms with van der Waals surface area (Å²) in [5, 5.41) is 0.